The average molecular weight is 567 g/mol. The normalized spacial score (nSPS) is 14.4. The van der Waals surface area contributed by atoms with Gasteiger partial charge in [0, 0.05) is 11.8 Å². The molecule has 3 aromatic rings. The van der Waals surface area contributed by atoms with Gasteiger partial charge in [-0.25, -0.2) is 27.2 Å². The number of ether oxygens (including phenoxy) is 1. The molecule has 38 heavy (non-hydrogen) atoms. The van der Waals surface area contributed by atoms with Crippen molar-refractivity contribution >= 4 is 33.0 Å². The number of carbonyl (C=O) groups excluding carboxylic acids is 1. The number of carbonyl (C=O) groups is 1. The van der Waals surface area contributed by atoms with Gasteiger partial charge in [-0.2, -0.15) is 0 Å². The predicted molar refractivity (Wildman–Crippen MR) is 140 cm³/mol. The molecule has 0 radical (unpaired) electrons. The van der Waals surface area contributed by atoms with E-state index in [1.54, 1.807) is 19.0 Å². The van der Waals surface area contributed by atoms with E-state index >= 15 is 4.39 Å². The van der Waals surface area contributed by atoms with Crippen LogP contribution in [0.5, 0.6) is 5.88 Å². The number of nitrogens with zero attached hydrogens (tertiary/aromatic N) is 4. The molecule has 1 saturated carbocycles. The van der Waals surface area contributed by atoms with Crippen molar-refractivity contribution < 1.29 is 26.7 Å². The molecule has 1 fully saturated rings. The van der Waals surface area contributed by atoms with E-state index in [0.29, 0.717) is 42.4 Å². The summed E-state index contributed by atoms with van der Waals surface area (Å²) in [6.45, 7) is 2.63. The Hall–Kier alpha value is -3.23. The lowest BCUT2D eigenvalue weighted by atomic mass is 10.0. The Morgan fingerprint density at radius 3 is 2.68 bits per heavy atom. The second-order valence-electron chi connectivity index (χ2n) is 8.99. The Balaban J connectivity index is 1.60. The van der Waals surface area contributed by atoms with Gasteiger partial charge in [-0.05, 0) is 59.0 Å². The number of nitrogens with one attached hydrogen (secondary N) is 2. The van der Waals surface area contributed by atoms with Gasteiger partial charge in [0.15, 0.2) is 10.8 Å². The Kier molecular flexibility index (Phi) is 8.53. The molecule has 14 heteroatoms. The van der Waals surface area contributed by atoms with Crippen LogP contribution >= 0.6 is 11.3 Å². The minimum Gasteiger partial charge on any atom is -0.477 e. The molecule has 0 saturated heterocycles. The second kappa shape index (κ2) is 11.7. The van der Waals surface area contributed by atoms with E-state index in [9.17, 15) is 17.6 Å². The summed E-state index contributed by atoms with van der Waals surface area (Å²) in [6, 6.07) is 0.941. The van der Waals surface area contributed by atoms with Crippen LogP contribution in [0.25, 0.3) is 10.6 Å². The van der Waals surface area contributed by atoms with Gasteiger partial charge in [-0.15, -0.1) is 11.3 Å². The molecule has 1 aliphatic carbocycles. The van der Waals surface area contributed by atoms with Crippen LogP contribution < -0.4 is 14.8 Å². The zero-order chi connectivity index (χ0) is 27.4. The second-order valence-corrected chi connectivity index (χ2v) is 12.0. The van der Waals surface area contributed by atoms with E-state index in [1.165, 1.54) is 18.6 Å². The smallest absolute Gasteiger partial charge is 0.280 e. The first-order valence-electron chi connectivity index (χ1n) is 11.9. The zero-order valence-corrected chi connectivity index (χ0v) is 22.7. The molecular weight excluding hydrogens is 538 g/mol. The summed E-state index contributed by atoms with van der Waals surface area (Å²) >= 11 is 1.04. The number of hydrogen-bond donors (Lipinski definition) is 2. The van der Waals surface area contributed by atoms with Crippen molar-refractivity contribution in [2.24, 2.45) is 0 Å². The summed E-state index contributed by atoms with van der Waals surface area (Å²) in [5.41, 5.74) is -0.325. The topological polar surface area (TPSA) is 126 Å². The number of amides is 1. The first-order valence-corrected chi connectivity index (χ1v) is 14.3. The number of sulfonamides is 1. The van der Waals surface area contributed by atoms with Crippen LogP contribution in [0.3, 0.4) is 0 Å². The minimum atomic E-state index is -3.78. The van der Waals surface area contributed by atoms with Gasteiger partial charge < -0.3 is 15.0 Å². The highest BCUT2D eigenvalue weighted by Crippen LogP contribution is 2.34. The van der Waals surface area contributed by atoms with E-state index in [1.807, 2.05) is 6.92 Å². The summed E-state index contributed by atoms with van der Waals surface area (Å²) in [5.74, 6) is -2.28. The summed E-state index contributed by atoms with van der Waals surface area (Å²) in [4.78, 5) is 28.1. The van der Waals surface area contributed by atoms with Crippen molar-refractivity contribution in [2.75, 3.05) is 32.0 Å². The number of benzene rings is 1. The highest BCUT2D eigenvalue weighted by Gasteiger charge is 2.37. The van der Waals surface area contributed by atoms with Crippen molar-refractivity contribution in [3.8, 4) is 16.5 Å². The quantitative estimate of drug-likeness (QED) is 0.341. The molecule has 1 aromatic carbocycles. The third kappa shape index (κ3) is 6.60. The van der Waals surface area contributed by atoms with Gasteiger partial charge in [0.1, 0.15) is 11.5 Å². The van der Waals surface area contributed by atoms with Crippen LogP contribution in [0.4, 0.5) is 14.5 Å². The molecule has 0 aliphatic heterocycles. The maximum Gasteiger partial charge on any atom is 0.280 e. The third-order valence-corrected chi connectivity index (χ3v) is 8.59. The van der Waals surface area contributed by atoms with Gasteiger partial charge in [-0.3, -0.25) is 14.5 Å². The van der Waals surface area contributed by atoms with Crippen molar-refractivity contribution in [2.45, 2.75) is 37.5 Å². The van der Waals surface area contributed by atoms with Gasteiger partial charge in [-0.1, -0.05) is 0 Å². The number of thiazole rings is 1. The molecule has 2 N–H and O–H groups in total. The number of anilines is 1. The highest BCUT2D eigenvalue weighted by atomic mass is 32.2. The van der Waals surface area contributed by atoms with Gasteiger partial charge in [0.25, 0.3) is 5.91 Å². The van der Waals surface area contributed by atoms with Crippen LogP contribution in [0.1, 0.15) is 47.6 Å². The standard InChI is InChI=1S/C24H28F2N6O4S2/c1-4-36-20-13-27-11-18(29-20)19-12-28-24(37-19)23(33)30-16(9-10-32(2)3)21-15(25)7-8-17(22(21)26)31-38(34,35)14-5-6-14/h7-8,11-14,16,31H,4-6,9-10H2,1-3H3,(H,30,33)/t16-/m0/s1. The number of rotatable bonds is 12. The summed E-state index contributed by atoms with van der Waals surface area (Å²) in [7, 11) is -0.201. The Bertz CT molecular complexity index is 1410. The molecule has 10 nitrogen and oxygen atoms in total. The van der Waals surface area contributed by atoms with Crippen molar-refractivity contribution in [1.82, 2.24) is 25.2 Å². The third-order valence-electron chi connectivity index (χ3n) is 5.72. The lowest BCUT2D eigenvalue weighted by molar-refractivity contribution is 0.0931. The maximum atomic E-state index is 15.5. The van der Waals surface area contributed by atoms with Gasteiger partial charge in [0.05, 0.1) is 40.9 Å². The van der Waals surface area contributed by atoms with Crippen LogP contribution in [0.15, 0.2) is 30.7 Å². The monoisotopic (exact) mass is 566 g/mol. The fourth-order valence-corrected chi connectivity index (χ4v) is 5.82. The van der Waals surface area contributed by atoms with Gasteiger partial charge in [0.2, 0.25) is 15.9 Å². The van der Waals surface area contributed by atoms with Crippen LogP contribution in [-0.2, 0) is 10.0 Å². The van der Waals surface area contributed by atoms with E-state index in [0.717, 1.165) is 23.5 Å². The Labute approximate surface area is 223 Å². The van der Waals surface area contributed by atoms with Crippen molar-refractivity contribution in [3.05, 3.63) is 52.9 Å². The summed E-state index contributed by atoms with van der Waals surface area (Å²) < 4.78 is 62.8. The summed E-state index contributed by atoms with van der Waals surface area (Å²) in [5, 5.41) is 2.15. The largest absolute Gasteiger partial charge is 0.477 e. The predicted octanol–water partition coefficient (Wildman–Crippen LogP) is 3.60. The molecule has 2 aromatic heterocycles. The minimum absolute atomic E-state index is 0.0601. The lowest BCUT2D eigenvalue weighted by Gasteiger charge is -2.23. The first kappa shape index (κ1) is 27.8. The maximum absolute atomic E-state index is 15.5. The fraction of sp³-hybridized carbons (Fsp3) is 0.417. The molecule has 0 spiro atoms. The highest BCUT2D eigenvalue weighted by molar-refractivity contribution is 7.93. The first-order chi connectivity index (χ1) is 18.1. The molecule has 204 valence electrons. The molecule has 4 rings (SSSR count). The van der Waals surface area contributed by atoms with Crippen LogP contribution in [0.2, 0.25) is 0 Å². The van der Waals surface area contributed by atoms with Crippen LogP contribution in [0, 0.1) is 11.6 Å². The van der Waals surface area contributed by atoms with Gasteiger partial charge >= 0.3 is 0 Å². The molecule has 1 aliphatic rings. The van der Waals surface area contributed by atoms with E-state index in [4.69, 9.17) is 4.74 Å². The van der Waals surface area contributed by atoms with Crippen molar-refractivity contribution in [3.63, 3.8) is 0 Å². The Morgan fingerprint density at radius 2 is 2.00 bits per heavy atom. The Morgan fingerprint density at radius 1 is 1.24 bits per heavy atom. The van der Waals surface area contributed by atoms with Crippen molar-refractivity contribution in [1.29, 1.82) is 0 Å². The number of halogens is 2. The number of hydrogen-bond acceptors (Lipinski definition) is 9. The molecule has 0 bridgehead atoms. The van der Waals surface area contributed by atoms with E-state index in [2.05, 4.69) is 25.0 Å². The molecule has 1 amide bonds. The lowest BCUT2D eigenvalue weighted by Crippen LogP contribution is -2.32. The SMILES string of the molecule is CCOc1cncc(-c2cnc(C(=O)N[C@@H](CCN(C)C)c3c(F)ccc(NS(=O)(=O)C4CC4)c3F)s2)n1. The zero-order valence-electron chi connectivity index (χ0n) is 21.1. The van der Waals surface area contributed by atoms with Crippen LogP contribution in [-0.4, -0.2) is 66.7 Å². The summed E-state index contributed by atoms with van der Waals surface area (Å²) in [6.07, 6.45) is 5.58. The molecule has 2 heterocycles. The molecule has 1 atom stereocenters. The average Bonchev–Trinajstić information content (AvgIpc) is 3.62. The fourth-order valence-electron chi connectivity index (χ4n) is 3.66. The number of aromatic nitrogens is 3. The molecular formula is C24H28F2N6O4S2. The molecule has 0 unspecified atom stereocenters. The van der Waals surface area contributed by atoms with E-state index < -0.39 is 44.4 Å². The van der Waals surface area contributed by atoms with E-state index in [-0.39, 0.29) is 17.1 Å².